The van der Waals surface area contributed by atoms with Crippen molar-refractivity contribution in [3.63, 3.8) is 0 Å². The Labute approximate surface area is 175 Å². The van der Waals surface area contributed by atoms with Crippen molar-refractivity contribution in [2.45, 2.75) is 6.42 Å². The number of benzene rings is 2. The third kappa shape index (κ3) is 3.71. The first-order valence-electron chi connectivity index (χ1n) is 10.2. The van der Waals surface area contributed by atoms with Crippen LogP contribution in [0.1, 0.15) is 5.56 Å². The molecule has 0 spiro atoms. The van der Waals surface area contributed by atoms with Crippen molar-refractivity contribution < 1.29 is 4.79 Å². The maximum Gasteiger partial charge on any atom is 0.228 e. The molecule has 0 aliphatic carbocycles. The van der Waals surface area contributed by atoms with Crippen LogP contribution in [0, 0.1) is 0 Å². The highest BCUT2D eigenvalue weighted by atomic mass is 16.1. The average Bonchev–Trinajstić information content (AvgIpc) is 3.16. The molecular formula is C23H24N6O. The second-order valence-corrected chi connectivity index (χ2v) is 7.78. The van der Waals surface area contributed by atoms with Crippen molar-refractivity contribution in [1.82, 2.24) is 14.9 Å². The van der Waals surface area contributed by atoms with Gasteiger partial charge < -0.3 is 20.4 Å². The van der Waals surface area contributed by atoms with E-state index in [1.165, 1.54) is 5.69 Å². The van der Waals surface area contributed by atoms with E-state index >= 15 is 0 Å². The second kappa shape index (κ2) is 7.76. The fourth-order valence-corrected chi connectivity index (χ4v) is 3.96. The van der Waals surface area contributed by atoms with Gasteiger partial charge in [-0.1, -0.05) is 6.07 Å². The zero-order chi connectivity index (χ0) is 20.5. The number of piperazine rings is 1. The standard InChI is InChI=1S/C23H24N6O/c1-28-11-13-29(14-12-28)17-7-5-16(6-8-17)23-24-10-9-21(27-23)25-19-3-2-4-20-18(19)15-22(30)26-20/h2-10H,11-15H2,1H3,(H,26,30)(H,24,25,27). The fourth-order valence-electron chi connectivity index (χ4n) is 3.96. The minimum absolute atomic E-state index is 0.0167. The van der Waals surface area contributed by atoms with E-state index in [4.69, 9.17) is 0 Å². The number of hydrogen-bond acceptors (Lipinski definition) is 6. The van der Waals surface area contributed by atoms with Crippen LogP contribution in [0.25, 0.3) is 11.4 Å². The normalized spacial score (nSPS) is 16.3. The molecule has 1 amide bonds. The molecule has 2 aromatic carbocycles. The Morgan fingerprint density at radius 1 is 1.00 bits per heavy atom. The highest BCUT2D eigenvalue weighted by Gasteiger charge is 2.20. The van der Waals surface area contributed by atoms with Crippen LogP contribution >= 0.6 is 0 Å². The lowest BCUT2D eigenvalue weighted by Gasteiger charge is -2.34. The molecule has 3 aromatic rings. The zero-order valence-electron chi connectivity index (χ0n) is 16.9. The molecule has 0 unspecified atom stereocenters. The van der Waals surface area contributed by atoms with Gasteiger partial charge in [0.05, 0.1) is 6.42 Å². The van der Waals surface area contributed by atoms with E-state index in [-0.39, 0.29) is 5.91 Å². The number of amides is 1. The quantitative estimate of drug-likeness (QED) is 0.701. The highest BCUT2D eigenvalue weighted by molar-refractivity contribution is 6.01. The summed E-state index contributed by atoms with van der Waals surface area (Å²) in [6.07, 6.45) is 2.13. The Balaban J connectivity index is 1.34. The third-order valence-electron chi connectivity index (χ3n) is 5.70. The number of nitrogens with zero attached hydrogens (tertiary/aromatic N) is 4. The molecule has 1 saturated heterocycles. The largest absolute Gasteiger partial charge is 0.369 e. The summed E-state index contributed by atoms with van der Waals surface area (Å²) in [5.41, 5.74) is 4.93. The van der Waals surface area contributed by atoms with Crippen LogP contribution in [-0.4, -0.2) is 54.0 Å². The van der Waals surface area contributed by atoms with Crippen molar-refractivity contribution in [2.75, 3.05) is 48.8 Å². The van der Waals surface area contributed by atoms with Crippen molar-refractivity contribution in [1.29, 1.82) is 0 Å². The molecule has 7 heteroatoms. The lowest BCUT2D eigenvalue weighted by Crippen LogP contribution is -2.44. The number of aromatic nitrogens is 2. The smallest absolute Gasteiger partial charge is 0.228 e. The van der Waals surface area contributed by atoms with E-state index in [2.05, 4.69) is 61.7 Å². The van der Waals surface area contributed by atoms with E-state index in [1.54, 1.807) is 6.20 Å². The third-order valence-corrected chi connectivity index (χ3v) is 5.70. The van der Waals surface area contributed by atoms with Gasteiger partial charge in [0.2, 0.25) is 5.91 Å². The number of likely N-dealkylation sites (N-methyl/N-ethyl adjacent to an activating group) is 1. The van der Waals surface area contributed by atoms with E-state index in [1.807, 2.05) is 24.3 Å². The molecule has 3 heterocycles. The van der Waals surface area contributed by atoms with E-state index < -0.39 is 0 Å². The van der Waals surface area contributed by atoms with Gasteiger partial charge >= 0.3 is 0 Å². The van der Waals surface area contributed by atoms with Gasteiger partial charge in [0, 0.05) is 60.6 Å². The van der Waals surface area contributed by atoms with Crippen LogP contribution in [0.2, 0.25) is 0 Å². The highest BCUT2D eigenvalue weighted by Crippen LogP contribution is 2.31. The van der Waals surface area contributed by atoms with E-state index in [0.717, 1.165) is 48.7 Å². The number of carbonyl (C=O) groups is 1. The number of rotatable bonds is 4. The van der Waals surface area contributed by atoms with Crippen LogP contribution in [0.3, 0.4) is 0 Å². The van der Waals surface area contributed by atoms with Crippen LogP contribution < -0.4 is 15.5 Å². The Kier molecular flexibility index (Phi) is 4.80. The van der Waals surface area contributed by atoms with Gasteiger partial charge in [-0.15, -0.1) is 0 Å². The molecular weight excluding hydrogens is 376 g/mol. The monoisotopic (exact) mass is 400 g/mol. The van der Waals surface area contributed by atoms with Gasteiger partial charge in [-0.05, 0) is 49.5 Å². The molecule has 0 saturated carbocycles. The molecule has 152 valence electrons. The van der Waals surface area contributed by atoms with Crippen molar-refractivity contribution in [2.24, 2.45) is 0 Å². The Bertz CT molecular complexity index is 1070. The fraction of sp³-hybridized carbons (Fsp3) is 0.261. The summed E-state index contributed by atoms with van der Waals surface area (Å²) in [5, 5.41) is 6.22. The molecule has 7 nitrogen and oxygen atoms in total. The Morgan fingerprint density at radius 2 is 1.80 bits per heavy atom. The summed E-state index contributed by atoms with van der Waals surface area (Å²) in [6.45, 7) is 4.26. The second-order valence-electron chi connectivity index (χ2n) is 7.78. The van der Waals surface area contributed by atoms with Crippen molar-refractivity contribution >= 4 is 28.8 Å². The lowest BCUT2D eigenvalue weighted by atomic mass is 10.1. The van der Waals surface area contributed by atoms with Gasteiger partial charge in [0.15, 0.2) is 5.82 Å². The van der Waals surface area contributed by atoms with E-state index in [9.17, 15) is 4.79 Å². The first kappa shape index (κ1) is 18.6. The summed E-state index contributed by atoms with van der Waals surface area (Å²) >= 11 is 0. The topological polar surface area (TPSA) is 73.4 Å². The first-order valence-corrected chi connectivity index (χ1v) is 10.2. The summed E-state index contributed by atoms with van der Waals surface area (Å²) in [4.78, 5) is 25.6. The average molecular weight is 400 g/mol. The number of carbonyl (C=O) groups excluding carboxylic acids is 1. The molecule has 5 rings (SSSR count). The predicted octanol–water partition coefficient (Wildman–Crippen LogP) is 3.13. The maximum atomic E-state index is 11.7. The first-order chi connectivity index (χ1) is 14.7. The van der Waals surface area contributed by atoms with Gasteiger partial charge in [-0.25, -0.2) is 9.97 Å². The number of anilines is 4. The van der Waals surface area contributed by atoms with Crippen LogP contribution in [0.15, 0.2) is 54.7 Å². The molecule has 0 bridgehead atoms. The molecule has 0 radical (unpaired) electrons. The van der Waals surface area contributed by atoms with Crippen molar-refractivity contribution in [3.05, 3.63) is 60.3 Å². The molecule has 30 heavy (non-hydrogen) atoms. The number of fused-ring (bicyclic) bond motifs is 1. The van der Waals surface area contributed by atoms with Crippen LogP contribution in [0.4, 0.5) is 22.9 Å². The van der Waals surface area contributed by atoms with Crippen molar-refractivity contribution in [3.8, 4) is 11.4 Å². The molecule has 0 atom stereocenters. The zero-order valence-corrected chi connectivity index (χ0v) is 16.9. The summed E-state index contributed by atoms with van der Waals surface area (Å²) in [7, 11) is 2.16. The van der Waals surface area contributed by atoms with Crippen LogP contribution in [-0.2, 0) is 11.2 Å². The number of nitrogens with one attached hydrogen (secondary N) is 2. The summed E-state index contributed by atoms with van der Waals surface area (Å²) in [5.74, 6) is 1.39. The Morgan fingerprint density at radius 3 is 2.60 bits per heavy atom. The Hall–Kier alpha value is -3.45. The van der Waals surface area contributed by atoms with Gasteiger partial charge in [0.1, 0.15) is 5.82 Å². The molecule has 2 aliphatic rings. The maximum absolute atomic E-state index is 11.7. The lowest BCUT2D eigenvalue weighted by molar-refractivity contribution is -0.115. The molecule has 1 aromatic heterocycles. The minimum atomic E-state index is 0.0167. The predicted molar refractivity (Wildman–Crippen MR) is 119 cm³/mol. The summed E-state index contributed by atoms with van der Waals surface area (Å²) in [6, 6.07) is 16.1. The summed E-state index contributed by atoms with van der Waals surface area (Å²) < 4.78 is 0. The van der Waals surface area contributed by atoms with E-state index in [0.29, 0.717) is 18.1 Å². The van der Waals surface area contributed by atoms with Gasteiger partial charge in [-0.2, -0.15) is 0 Å². The SMILES string of the molecule is CN1CCN(c2ccc(-c3nccc(Nc4cccc5c4CC(=O)N5)n3)cc2)CC1. The molecule has 2 N–H and O–H groups in total. The molecule has 2 aliphatic heterocycles. The number of hydrogen-bond donors (Lipinski definition) is 2. The van der Waals surface area contributed by atoms with Gasteiger partial charge in [0.25, 0.3) is 0 Å². The minimum Gasteiger partial charge on any atom is -0.369 e. The van der Waals surface area contributed by atoms with Gasteiger partial charge in [-0.3, -0.25) is 4.79 Å². The molecule has 1 fully saturated rings. The van der Waals surface area contributed by atoms with Crippen LogP contribution in [0.5, 0.6) is 0 Å².